The van der Waals surface area contributed by atoms with E-state index in [0.29, 0.717) is 18.0 Å². The largest absolute Gasteiger partial charge is 0.488 e. The molecule has 1 unspecified atom stereocenters. The third-order valence-electron chi connectivity index (χ3n) is 4.30. The predicted octanol–water partition coefficient (Wildman–Crippen LogP) is 2.49. The lowest BCUT2D eigenvalue weighted by atomic mass is 9.79. The maximum absolute atomic E-state index is 9.09. The van der Waals surface area contributed by atoms with Crippen molar-refractivity contribution in [3.8, 4) is 0 Å². The van der Waals surface area contributed by atoms with Gasteiger partial charge in [-0.05, 0) is 29.2 Å². The molecule has 20 heavy (non-hydrogen) atoms. The van der Waals surface area contributed by atoms with Crippen LogP contribution in [0.1, 0.15) is 39.2 Å². The van der Waals surface area contributed by atoms with Crippen molar-refractivity contribution in [2.24, 2.45) is 0 Å². The minimum atomic E-state index is -1.71. The van der Waals surface area contributed by atoms with Gasteiger partial charge in [-0.1, -0.05) is 52.0 Å². The number of hydrogen-bond donors (Lipinski definition) is 2. The summed E-state index contributed by atoms with van der Waals surface area (Å²) in [5, 5.41) is 18.4. The highest BCUT2D eigenvalue weighted by Crippen LogP contribution is 2.37. The van der Waals surface area contributed by atoms with Crippen LogP contribution in [0.5, 0.6) is 0 Å². The van der Waals surface area contributed by atoms with E-state index >= 15 is 0 Å². The van der Waals surface area contributed by atoms with Crippen molar-refractivity contribution in [2.75, 3.05) is 6.61 Å². The molecule has 5 heteroatoms. The molecule has 3 nitrogen and oxygen atoms in total. The Morgan fingerprint density at radius 1 is 1.15 bits per heavy atom. The summed E-state index contributed by atoms with van der Waals surface area (Å²) in [5.41, 5.74) is 1.68. The van der Waals surface area contributed by atoms with Gasteiger partial charge in [-0.25, -0.2) is 0 Å². The molecule has 0 aliphatic heterocycles. The van der Waals surface area contributed by atoms with Crippen LogP contribution in [0.15, 0.2) is 24.3 Å². The molecule has 0 aliphatic carbocycles. The van der Waals surface area contributed by atoms with Gasteiger partial charge in [-0.15, -0.1) is 0 Å². The smallest absolute Gasteiger partial charge is 0.423 e. The van der Waals surface area contributed by atoms with Crippen molar-refractivity contribution in [2.45, 2.75) is 51.7 Å². The molecule has 0 heterocycles. The molecule has 0 amide bonds. The molecule has 0 saturated heterocycles. The standard InChI is InChI=1S/C15H27BO3Si/c1-12(11-19-20(5,6)15(2,3)4)13-7-9-14(10-8-13)16(17)18/h7-10,12,17-18H,11H2,1-6H3. The second-order valence-electron chi connectivity index (χ2n) is 7.01. The van der Waals surface area contributed by atoms with Crippen LogP contribution in [0.3, 0.4) is 0 Å². The van der Waals surface area contributed by atoms with Crippen LogP contribution in [-0.2, 0) is 4.43 Å². The van der Waals surface area contributed by atoms with E-state index in [-0.39, 0.29) is 5.04 Å². The first-order chi connectivity index (χ1) is 9.04. The van der Waals surface area contributed by atoms with E-state index in [1.54, 1.807) is 12.1 Å². The Hall–Kier alpha value is -0.618. The van der Waals surface area contributed by atoms with E-state index in [4.69, 9.17) is 14.5 Å². The molecule has 0 spiro atoms. The zero-order valence-electron chi connectivity index (χ0n) is 13.5. The van der Waals surface area contributed by atoms with Gasteiger partial charge in [0, 0.05) is 12.5 Å². The average molecular weight is 294 g/mol. The van der Waals surface area contributed by atoms with Gasteiger partial charge >= 0.3 is 7.12 Å². The lowest BCUT2D eigenvalue weighted by Crippen LogP contribution is -2.41. The molecule has 1 aromatic carbocycles. The SMILES string of the molecule is CC(CO[Si](C)(C)C(C)(C)C)c1ccc(B(O)O)cc1. The van der Waals surface area contributed by atoms with E-state index in [1.165, 1.54) is 0 Å². The third kappa shape index (κ3) is 4.45. The molecular weight excluding hydrogens is 267 g/mol. The van der Waals surface area contributed by atoms with Crippen molar-refractivity contribution in [3.63, 3.8) is 0 Å². The van der Waals surface area contributed by atoms with Crippen LogP contribution in [-0.4, -0.2) is 32.1 Å². The fourth-order valence-corrected chi connectivity index (χ4v) is 2.74. The first-order valence-electron chi connectivity index (χ1n) is 7.14. The Balaban J connectivity index is 2.65. The molecule has 1 aromatic rings. The Bertz CT molecular complexity index is 424. The topological polar surface area (TPSA) is 49.7 Å². The second kappa shape index (κ2) is 6.43. The Labute approximate surface area is 124 Å². The van der Waals surface area contributed by atoms with E-state index in [1.807, 2.05) is 12.1 Å². The van der Waals surface area contributed by atoms with Gasteiger partial charge in [0.1, 0.15) is 0 Å². The van der Waals surface area contributed by atoms with Crippen molar-refractivity contribution in [1.29, 1.82) is 0 Å². The average Bonchev–Trinajstić information content (AvgIpc) is 2.34. The van der Waals surface area contributed by atoms with E-state index in [0.717, 1.165) is 5.56 Å². The highest BCUT2D eigenvalue weighted by Gasteiger charge is 2.37. The van der Waals surface area contributed by atoms with Gasteiger partial charge in [0.25, 0.3) is 0 Å². The van der Waals surface area contributed by atoms with E-state index in [2.05, 4.69) is 40.8 Å². The minimum Gasteiger partial charge on any atom is -0.423 e. The van der Waals surface area contributed by atoms with Crippen molar-refractivity contribution in [1.82, 2.24) is 0 Å². The zero-order valence-corrected chi connectivity index (χ0v) is 14.5. The molecule has 0 bridgehead atoms. The molecular formula is C15H27BO3Si. The first-order valence-corrected chi connectivity index (χ1v) is 10.1. The Kier molecular flexibility index (Phi) is 5.61. The number of benzene rings is 1. The molecule has 1 rings (SSSR count). The summed E-state index contributed by atoms with van der Waals surface area (Å²) in [6.07, 6.45) is 0. The molecule has 0 radical (unpaired) electrons. The van der Waals surface area contributed by atoms with Crippen molar-refractivity contribution < 1.29 is 14.5 Å². The van der Waals surface area contributed by atoms with Gasteiger partial charge in [-0.3, -0.25) is 0 Å². The van der Waals surface area contributed by atoms with Crippen LogP contribution in [0, 0.1) is 0 Å². The summed E-state index contributed by atoms with van der Waals surface area (Å²) in [7, 11) is -3.11. The lowest BCUT2D eigenvalue weighted by Gasteiger charge is -2.37. The van der Waals surface area contributed by atoms with Gasteiger partial charge < -0.3 is 14.5 Å². The van der Waals surface area contributed by atoms with Gasteiger partial charge in [0.05, 0.1) is 0 Å². The van der Waals surface area contributed by atoms with Gasteiger partial charge in [0.15, 0.2) is 8.32 Å². The van der Waals surface area contributed by atoms with E-state index < -0.39 is 15.4 Å². The second-order valence-corrected chi connectivity index (χ2v) is 11.8. The summed E-state index contributed by atoms with van der Waals surface area (Å²) in [6, 6.07) is 7.38. The molecule has 1 atom stereocenters. The van der Waals surface area contributed by atoms with Gasteiger partial charge in [0.2, 0.25) is 0 Å². The number of rotatable bonds is 5. The Morgan fingerprint density at radius 3 is 2.05 bits per heavy atom. The summed E-state index contributed by atoms with van der Waals surface area (Å²) in [4.78, 5) is 0. The molecule has 0 aromatic heterocycles. The molecule has 0 aliphatic rings. The number of hydrogen-bond acceptors (Lipinski definition) is 3. The van der Waals surface area contributed by atoms with Crippen molar-refractivity contribution >= 4 is 20.9 Å². The predicted molar refractivity (Wildman–Crippen MR) is 87.8 cm³/mol. The highest BCUT2D eigenvalue weighted by molar-refractivity contribution is 6.74. The fraction of sp³-hybridized carbons (Fsp3) is 0.600. The summed E-state index contributed by atoms with van der Waals surface area (Å²) < 4.78 is 6.23. The Morgan fingerprint density at radius 2 is 1.65 bits per heavy atom. The molecule has 0 saturated carbocycles. The summed E-state index contributed by atoms with van der Waals surface area (Å²) >= 11 is 0. The quantitative estimate of drug-likeness (QED) is 0.820. The van der Waals surface area contributed by atoms with Crippen LogP contribution >= 0.6 is 0 Å². The minimum absolute atomic E-state index is 0.220. The molecule has 2 N–H and O–H groups in total. The highest BCUT2D eigenvalue weighted by atomic mass is 28.4. The monoisotopic (exact) mass is 294 g/mol. The molecule has 112 valence electrons. The van der Waals surface area contributed by atoms with Crippen LogP contribution < -0.4 is 5.46 Å². The maximum atomic E-state index is 9.09. The summed E-state index contributed by atoms with van der Waals surface area (Å²) in [6.45, 7) is 14.1. The summed E-state index contributed by atoms with van der Waals surface area (Å²) in [5.74, 6) is 0.300. The van der Waals surface area contributed by atoms with Gasteiger partial charge in [-0.2, -0.15) is 0 Å². The lowest BCUT2D eigenvalue weighted by molar-refractivity contribution is 0.269. The fourth-order valence-electron chi connectivity index (χ4n) is 1.64. The third-order valence-corrected chi connectivity index (χ3v) is 8.80. The van der Waals surface area contributed by atoms with E-state index in [9.17, 15) is 0 Å². The molecule has 0 fully saturated rings. The maximum Gasteiger partial charge on any atom is 0.488 e. The normalized spacial score (nSPS) is 14.2. The van der Waals surface area contributed by atoms with Crippen LogP contribution in [0.2, 0.25) is 18.1 Å². The van der Waals surface area contributed by atoms with Crippen LogP contribution in [0.4, 0.5) is 0 Å². The van der Waals surface area contributed by atoms with Crippen LogP contribution in [0.25, 0.3) is 0 Å². The first kappa shape index (κ1) is 17.4. The zero-order chi connectivity index (χ0) is 15.6. The van der Waals surface area contributed by atoms with Crippen molar-refractivity contribution in [3.05, 3.63) is 29.8 Å².